The summed E-state index contributed by atoms with van der Waals surface area (Å²) in [6, 6.07) is 16.6. The molecule has 1 fully saturated rings. The molecule has 1 aromatic carbocycles. The Hall–Kier alpha value is -3.39. The summed E-state index contributed by atoms with van der Waals surface area (Å²) < 4.78 is 11.5. The van der Waals surface area contributed by atoms with Gasteiger partial charge in [0.25, 0.3) is 0 Å². The minimum absolute atomic E-state index is 0.109. The maximum Gasteiger partial charge on any atom is 0.411 e. The molecule has 0 saturated carbocycles. The van der Waals surface area contributed by atoms with Crippen molar-refractivity contribution in [2.45, 2.75) is 44.9 Å². The first-order valence-corrected chi connectivity index (χ1v) is 11.6. The number of pyridine rings is 1. The van der Waals surface area contributed by atoms with Crippen LogP contribution in [0.1, 0.15) is 27.2 Å². The van der Waals surface area contributed by atoms with Crippen molar-refractivity contribution in [1.29, 1.82) is 0 Å². The Balaban J connectivity index is 1.61. The van der Waals surface area contributed by atoms with Gasteiger partial charge in [0.2, 0.25) is 5.88 Å². The average molecular weight is 467 g/mol. The second-order valence-electron chi connectivity index (χ2n) is 8.88. The second-order valence-corrected chi connectivity index (χ2v) is 9.83. The fourth-order valence-corrected chi connectivity index (χ4v) is 4.43. The van der Waals surface area contributed by atoms with Crippen LogP contribution in [-0.2, 0) is 9.53 Å². The van der Waals surface area contributed by atoms with E-state index in [0.717, 1.165) is 21.7 Å². The number of rotatable bonds is 5. The predicted octanol–water partition coefficient (Wildman–Crippen LogP) is 5.32. The van der Waals surface area contributed by atoms with E-state index < -0.39 is 29.8 Å². The zero-order valence-electron chi connectivity index (χ0n) is 18.7. The molecule has 33 heavy (non-hydrogen) atoms. The minimum Gasteiger partial charge on any atom is -0.480 e. The van der Waals surface area contributed by atoms with Crippen LogP contribution in [-0.4, -0.2) is 51.3 Å². The summed E-state index contributed by atoms with van der Waals surface area (Å²) in [5, 5.41) is 11.7. The van der Waals surface area contributed by atoms with Gasteiger partial charge in [0.1, 0.15) is 17.7 Å². The van der Waals surface area contributed by atoms with Gasteiger partial charge in [-0.25, -0.2) is 14.6 Å². The molecule has 7 nitrogen and oxygen atoms in total. The Morgan fingerprint density at radius 1 is 1.09 bits per heavy atom. The normalized spacial score (nSPS) is 18.2. The van der Waals surface area contributed by atoms with Gasteiger partial charge in [-0.3, -0.25) is 4.90 Å². The fourth-order valence-electron chi connectivity index (χ4n) is 3.72. The van der Waals surface area contributed by atoms with Crippen molar-refractivity contribution in [1.82, 2.24) is 9.88 Å². The molecule has 3 heterocycles. The number of carboxylic acid groups (broad SMARTS) is 1. The number of aromatic nitrogens is 1. The highest BCUT2D eigenvalue weighted by Crippen LogP contribution is 2.33. The van der Waals surface area contributed by atoms with E-state index in [2.05, 4.69) is 4.98 Å². The van der Waals surface area contributed by atoms with Crippen molar-refractivity contribution in [3.63, 3.8) is 0 Å². The molecule has 8 heteroatoms. The number of likely N-dealkylation sites (tertiary alicyclic amines) is 1. The monoisotopic (exact) mass is 466 g/mol. The van der Waals surface area contributed by atoms with E-state index in [1.165, 1.54) is 4.90 Å². The molecule has 1 aliphatic heterocycles. The first-order valence-electron chi connectivity index (χ1n) is 10.7. The van der Waals surface area contributed by atoms with E-state index in [1.807, 2.05) is 60.0 Å². The number of carboxylic acids is 1. The average Bonchev–Trinajstić information content (AvgIpc) is 3.43. The molecule has 4 rings (SSSR count). The standard InChI is InChI=1S/C25H26N2O5S/c1-25(2,3)32-24(30)27-15-18(14-20(27)23(28)29)31-22-13-17(21-10-7-11-33-21)12-19(26-22)16-8-5-4-6-9-16/h4-13,18,20H,14-15H2,1-3H3,(H,28,29)/t18-,20+/m1/s1. The van der Waals surface area contributed by atoms with Gasteiger partial charge in [-0.1, -0.05) is 36.4 Å². The number of hydrogen-bond acceptors (Lipinski definition) is 6. The van der Waals surface area contributed by atoms with Crippen LogP contribution in [0.15, 0.2) is 60.0 Å². The highest BCUT2D eigenvalue weighted by molar-refractivity contribution is 7.13. The van der Waals surface area contributed by atoms with Crippen LogP contribution < -0.4 is 4.74 Å². The number of benzene rings is 1. The Morgan fingerprint density at radius 3 is 2.48 bits per heavy atom. The van der Waals surface area contributed by atoms with Gasteiger partial charge in [0.15, 0.2) is 0 Å². The Morgan fingerprint density at radius 2 is 1.85 bits per heavy atom. The van der Waals surface area contributed by atoms with Crippen molar-refractivity contribution in [2.24, 2.45) is 0 Å². The van der Waals surface area contributed by atoms with Gasteiger partial charge >= 0.3 is 12.1 Å². The quantitative estimate of drug-likeness (QED) is 0.548. The number of nitrogens with zero attached hydrogens (tertiary/aromatic N) is 2. The Bertz CT molecular complexity index is 1130. The van der Waals surface area contributed by atoms with Crippen LogP contribution in [0.3, 0.4) is 0 Å². The molecule has 3 aromatic rings. The van der Waals surface area contributed by atoms with E-state index in [1.54, 1.807) is 32.1 Å². The van der Waals surface area contributed by atoms with E-state index >= 15 is 0 Å². The number of carbonyl (C=O) groups excluding carboxylic acids is 1. The van der Waals surface area contributed by atoms with E-state index in [0.29, 0.717) is 5.88 Å². The van der Waals surface area contributed by atoms with Gasteiger partial charge in [0, 0.05) is 22.9 Å². The maximum atomic E-state index is 12.6. The molecule has 1 N–H and O–H groups in total. The molecule has 1 amide bonds. The van der Waals surface area contributed by atoms with Gasteiger partial charge in [-0.15, -0.1) is 11.3 Å². The third-order valence-corrected chi connectivity index (χ3v) is 6.06. The van der Waals surface area contributed by atoms with Gasteiger partial charge in [-0.2, -0.15) is 0 Å². The molecule has 0 spiro atoms. The lowest BCUT2D eigenvalue weighted by molar-refractivity contribution is -0.142. The zero-order chi connectivity index (χ0) is 23.6. The molecule has 0 radical (unpaired) electrons. The SMILES string of the molecule is CC(C)(C)OC(=O)N1C[C@H](Oc2cc(-c3cccs3)cc(-c3ccccc3)n2)C[C@H]1C(=O)O. The summed E-state index contributed by atoms with van der Waals surface area (Å²) in [6.07, 6.45) is -1.03. The van der Waals surface area contributed by atoms with Crippen LogP contribution in [0.25, 0.3) is 21.7 Å². The van der Waals surface area contributed by atoms with Crippen LogP contribution in [0, 0.1) is 0 Å². The zero-order valence-corrected chi connectivity index (χ0v) is 19.5. The summed E-state index contributed by atoms with van der Waals surface area (Å²) in [6.45, 7) is 5.35. The lowest BCUT2D eigenvalue weighted by Gasteiger charge is -2.26. The number of thiophene rings is 1. The number of amides is 1. The topological polar surface area (TPSA) is 89.0 Å². The summed E-state index contributed by atoms with van der Waals surface area (Å²) in [5.74, 6) is -0.697. The third kappa shape index (κ3) is 5.51. The first kappa shape index (κ1) is 22.8. The van der Waals surface area contributed by atoms with Crippen molar-refractivity contribution in [2.75, 3.05) is 6.54 Å². The smallest absolute Gasteiger partial charge is 0.411 e. The lowest BCUT2D eigenvalue weighted by Crippen LogP contribution is -2.43. The molecule has 0 unspecified atom stereocenters. The number of hydrogen-bond donors (Lipinski definition) is 1. The lowest BCUT2D eigenvalue weighted by atomic mass is 10.1. The van der Waals surface area contributed by atoms with Crippen molar-refractivity contribution >= 4 is 23.4 Å². The highest BCUT2D eigenvalue weighted by atomic mass is 32.1. The molecule has 172 valence electrons. The van der Waals surface area contributed by atoms with Crippen molar-refractivity contribution < 1.29 is 24.2 Å². The van der Waals surface area contributed by atoms with Crippen LogP contribution >= 0.6 is 11.3 Å². The largest absolute Gasteiger partial charge is 0.480 e. The summed E-state index contributed by atoms with van der Waals surface area (Å²) >= 11 is 1.61. The Kier molecular flexibility index (Phi) is 6.37. The van der Waals surface area contributed by atoms with Crippen LogP contribution in [0.4, 0.5) is 4.79 Å². The molecule has 1 aliphatic rings. The second kappa shape index (κ2) is 9.23. The van der Waals surface area contributed by atoms with E-state index in [9.17, 15) is 14.7 Å². The fraction of sp³-hybridized carbons (Fsp3) is 0.320. The van der Waals surface area contributed by atoms with Gasteiger partial charge in [-0.05, 0) is 43.8 Å². The molecular weight excluding hydrogens is 440 g/mol. The number of carbonyl (C=O) groups is 2. The van der Waals surface area contributed by atoms with E-state index in [4.69, 9.17) is 9.47 Å². The first-order chi connectivity index (χ1) is 15.7. The third-order valence-electron chi connectivity index (χ3n) is 5.14. The minimum atomic E-state index is -1.09. The van der Waals surface area contributed by atoms with Crippen LogP contribution in [0.5, 0.6) is 5.88 Å². The summed E-state index contributed by atoms with van der Waals surface area (Å²) in [5.41, 5.74) is 1.95. The van der Waals surface area contributed by atoms with Crippen molar-refractivity contribution in [3.05, 3.63) is 60.0 Å². The molecule has 2 aromatic heterocycles. The Labute approximate surface area is 196 Å². The number of aliphatic carboxylic acids is 1. The molecule has 2 atom stereocenters. The molecule has 0 bridgehead atoms. The number of ether oxygens (including phenoxy) is 2. The molecule has 1 saturated heterocycles. The van der Waals surface area contributed by atoms with Crippen molar-refractivity contribution in [3.8, 4) is 27.6 Å². The maximum absolute atomic E-state index is 12.6. The predicted molar refractivity (Wildman–Crippen MR) is 126 cm³/mol. The molecule has 0 aliphatic carbocycles. The summed E-state index contributed by atoms with van der Waals surface area (Å²) in [7, 11) is 0. The van der Waals surface area contributed by atoms with Gasteiger partial charge in [0.05, 0.1) is 12.2 Å². The van der Waals surface area contributed by atoms with Crippen LogP contribution in [0.2, 0.25) is 0 Å². The molecular formula is C25H26N2O5S. The van der Waals surface area contributed by atoms with E-state index in [-0.39, 0.29) is 13.0 Å². The summed E-state index contributed by atoms with van der Waals surface area (Å²) in [4.78, 5) is 31.4. The highest BCUT2D eigenvalue weighted by Gasteiger charge is 2.42. The van der Waals surface area contributed by atoms with Gasteiger partial charge < -0.3 is 14.6 Å².